The number of ketones is 2. The Labute approximate surface area is 76.3 Å². The van der Waals surface area contributed by atoms with Crippen LogP contribution in [0.1, 0.15) is 6.42 Å². The molecule has 0 aromatic heterocycles. The maximum Gasteiger partial charge on any atom is 0.159 e. The van der Waals surface area contributed by atoms with Crippen LogP contribution in [-0.4, -0.2) is 11.6 Å². The third-order valence-corrected chi connectivity index (χ3v) is 3.48. The quantitative estimate of drug-likeness (QED) is 0.516. The topological polar surface area (TPSA) is 34.1 Å². The molecule has 2 nitrogen and oxygen atoms in total. The molecule has 1 saturated carbocycles. The number of carbonyl (C=O) groups is 2. The second-order valence-corrected chi connectivity index (χ2v) is 4.11. The fraction of sp³-hybridized carbons (Fsp3) is 0.455. The van der Waals surface area contributed by atoms with Crippen molar-refractivity contribution in [3.05, 3.63) is 24.3 Å². The lowest BCUT2D eigenvalue weighted by molar-refractivity contribution is -0.131. The van der Waals surface area contributed by atoms with E-state index in [1.807, 2.05) is 12.2 Å². The Kier molecular flexibility index (Phi) is 1.22. The number of rotatable bonds is 0. The summed E-state index contributed by atoms with van der Waals surface area (Å²) in [6, 6.07) is 0. The molecule has 0 aromatic rings. The van der Waals surface area contributed by atoms with Crippen molar-refractivity contribution in [1.82, 2.24) is 0 Å². The lowest BCUT2D eigenvalue weighted by atomic mass is 9.63. The van der Waals surface area contributed by atoms with Gasteiger partial charge in [0.2, 0.25) is 0 Å². The van der Waals surface area contributed by atoms with Gasteiger partial charge in [0.1, 0.15) is 5.78 Å². The zero-order valence-corrected chi connectivity index (χ0v) is 7.14. The summed E-state index contributed by atoms with van der Waals surface area (Å²) in [6.45, 7) is 0. The predicted octanol–water partition coefficient (Wildman–Crippen LogP) is 1.13. The SMILES string of the molecule is O=C1CC2C=CC1C1C=CC(=O)C21. The maximum atomic E-state index is 11.5. The van der Waals surface area contributed by atoms with Crippen LogP contribution in [-0.2, 0) is 9.59 Å². The van der Waals surface area contributed by atoms with Gasteiger partial charge in [0.05, 0.1) is 0 Å². The molecule has 13 heavy (non-hydrogen) atoms. The molecule has 4 aliphatic carbocycles. The average molecular weight is 174 g/mol. The van der Waals surface area contributed by atoms with Gasteiger partial charge in [0.15, 0.2) is 5.78 Å². The van der Waals surface area contributed by atoms with Crippen molar-refractivity contribution >= 4 is 11.6 Å². The monoisotopic (exact) mass is 174 g/mol. The van der Waals surface area contributed by atoms with Gasteiger partial charge in [0, 0.05) is 24.2 Å². The summed E-state index contributed by atoms with van der Waals surface area (Å²) in [5.41, 5.74) is 0. The van der Waals surface area contributed by atoms with E-state index in [2.05, 4.69) is 6.08 Å². The molecule has 0 radical (unpaired) electrons. The second kappa shape index (κ2) is 2.19. The van der Waals surface area contributed by atoms with Crippen molar-refractivity contribution in [2.24, 2.45) is 23.7 Å². The summed E-state index contributed by atoms with van der Waals surface area (Å²) in [7, 11) is 0. The lowest BCUT2D eigenvalue weighted by Gasteiger charge is -2.38. The van der Waals surface area contributed by atoms with E-state index in [0.717, 1.165) is 0 Å². The zero-order valence-electron chi connectivity index (χ0n) is 7.14. The summed E-state index contributed by atoms with van der Waals surface area (Å²) in [4.78, 5) is 23.0. The van der Waals surface area contributed by atoms with E-state index in [0.29, 0.717) is 12.2 Å². The molecule has 0 heterocycles. The Morgan fingerprint density at radius 1 is 1.15 bits per heavy atom. The van der Waals surface area contributed by atoms with Gasteiger partial charge in [-0.3, -0.25) is 9.59 Å². The molecule has 0 aliphatic heterocycles. The van der Waals surface area contributed by atoms with Gasteiger partial charge in [-0.1, -0.05) is 18.2 Å². The van der Waals surface area contributed by atoms with Crippen molar-refractivity contribution < 1.29 is 9.59 Å². The molecule has 4 aliphatic rings. The standard InChI is InChI=1S/C11H10O2/c12-9-4-3-8-7-2-1-6(11(8)9)5-10(7)13/h1-4,6-8,11H,5H2. The molecule has 2 bridgehead atoms. The molecule has 0 N–H and O–H groups in total. The van der Waals surface area contributed by atoms with Crippen LogP contribution in [0.4, 0.5) is 0 Å². The van der Waals surface area contributed by atoms with Crippen LogP contribution < -0.4 is 0 Å². The van der Waals surface area contributed by atoms with Crippen molar-refractivity contribution in [1.29, 1.82) is 0 Å². The highest BCUT2D eigenvalue weighted by molar-refractivity contribution is 5.99. The third-order valence-electron chi connectivity index (χ3n) is 3.48. The largest absolute Gasteiger partial charge is 0.299 e. The van der Waals surface area contributed by atoms with Gasteiger partial charge in [0.25, 0.3) is 0 Å². The van der Waals surface area contributed by atoms with E-state index in [9.17, 15) is 9.59 Å². The average Bonchev–Trinajstić information content (AvgIpc) is 2.50. The number of hydrogen-bond acceptors (Lipinski definition) is 2. The maximum absolute atomic E-state index is 11.5. The van der Waals surface area contributed by atoms with E-state index < -0.39 is 0 Å². The van der Waals surface area contributed by atoms with Crippen LogP contribution in [0.15, 0.2) is 24.3 Å². The van der Waals surface area contributed by atoms with E-state index >= 15 is 0 Å². The van der Waals surface area contributed by atoms with Crippen molar-refractivity contribution in [3.63, 3.8) is 0 Å². The van der Waals surface area contributed by atoms with Gasteiger partial charge in [-0.2, -0.15) is 0 Å². The summed E-state index contributed by atoms with van der Waals surface area (Å²) >= 11 is 0. The van der Waals surface area contributed by atoms with Crippen LogP contribution in [0.25, 0.3) is 0 Å². The van der Waals surface area contributed by atoms with Crippen LogP contribution in [0.2, 0.25) is 0 Å². The Morgan fingerprint density at radius 3 is 2.77 bits per heavy atom. The molecular weight excluding hydrogens is 164 g/mol. The van der Waals surface area contributed by atoms with Gasteiger partial charge in [-0.15, -0.1) is 0 Å². The smallest absolute Gasteiger partial charge is 0.159 e. The summed E-state index contributed by atoms with van der Waals surface area (Å²) in [5, 5.41) is 0. The van der Waals surface area contributed by atoms with Gasteiger partial charge >= 0.3 is 0 Å². The van der Waals surface area contributed by atoms with E-state index in [1.165, 1.54) is 0 Å². The highest BCUT2D eigenvalue weighted by atomic mass is 16.1. The van der Waals surface area contributed by atoms with Gasteiger partial charge in [-0.05, 0) is 12.0 Å². The van der Waals surface area contributed by atoms with Crippen molar-refractivity contribution in [2.45, 2.75) is 6.42 Å². The number of Topliss-reactive ketones (excluding diaryl/α,β-unsaturated/α-hetero) is 1. The number of hydrogen-bond donors (Lipinski definition) is 0. The fourth-order valence-electron chi connectivity index (χ4n) is 2.86. The molecule has 4 rings (SSSR count). The molecule has 66 valence electrons. The Morgan fingerprint density at radius 2 is 2.00 bits per heavy atom. The summed E-state index contributed by atoms with van der Waals surface area (Å²) in [6.07, 6.45) is 8.20. The Balaban J connectivity index is 2.09. The van der Waals surface area contributed by atoms with Gasteiger partial charge in [-0.25, -0.2) is 0 Å². The summed E-state index contributed by atoms with van der Waals surface area (Å²) in [5.74, 6) is 0.990. The van der Waals surface area contributed by atoms with E-state index in [1.54, 1.807) is 6.08 Å². The molecule has 0 saturated heterocycles. The fourth-order valence-corrected chi connectivity index (χ4v) is 2.86. The minimum Gasteiger partial charge on any atom is -0.299 e. The number of allylic oxidation sites excluding steroid dienone is 4. The van der Waals surface area contributed by atoms with Gasteiger partial charge < -0.3 is 0 Å². The molecule has 0 aromatic carbocycles. The van der Waals surface area contributed by atoms with E-state index in [4.69, 9.17) is 0 Å². The molecule has 0 spiro atoms. The highest BCUT2D eigenvalue weighted by Crippen LogP contribution is 2.46. The molecule has 0 amide bonds. The highest BCUT2D eigenvalue weighted by Gasteiger charge is 2.48. The first kappa shape index (κ1) is 7.25. The zero-order chi connectivity index (χ0) is 9.00. The third kappa shape index (κ3) is 0.781. The van der Waals surface area contributed by atoms with Crippen LogP contribution >= 0.6 is 0 Å². The lowest BCUT2D eigenvalue weighted by Crippen LogP contribution is -2.42. The molecule has 4 unspecified atom stereocenters. The molecular formula is C11H10O2. The van der Waals surface area contributed by atoms with Crippen LogP contribution in [0, 0.1) is 23.7 Å². The molecule has 4 atom stereocenters. The second-order valence-electron chi connectivity index (χ2n) is 4.11. The minimum atomic E-state index is -0.00213. The Hall–Kier alpha value is -1.18. The predicted molar refractivity (Wildman–Crippen MR) is 46.9 cm³/mol. The number of carbonyl (C=O) groups excluding carboxylic acids is 2. The minimum absolute atomic E-state index is 0.00213. The van der Waals surface area contributed by atoms with Crippen molar-refractivity contribution in [2.75, 3.05) is 0 Å². The summed E-state index contributed by atoms with van der Waals surface area (Å²) < 4.78 is 0. The van der Waals surface area contributed by atoms with E-state index in [-0.39, 0.29) is 29.5 Å². The molecule has 2 heteroatoms. The van der Waals surface area contributed by atoms with Crippen LogP contribution in [0.5, 0.6) is 0 Å². The van der Waals surface area contributed by atoms with Crippen LogP contribution in [0.3, 0.4) is 0 Å². The Bertz CT molecular complexity index is 351. The first-order valence-corrected chi connectivity index (χ1v) is 4.70. The first-order valence-electron chi connectivity index (χ1n) is 4.70. The normalized spacial score (nSPS) is 45.8. The first-order chi connectivity index (χ1) is 6.27. The van der Waals surface area contributed by atoms with Crippen molar-refractivity contribution in [3.8, 4) is 0 Å². The number of fused-ring (bicyclic) bond motifs is 1. The molecule has 1 fully saturated rings.